The Morgan fingerprint density at radius 1 is 1.10 bits per heavy atom. The molecule has 0 aliphatic heterocycles. The molecule has 162 valence electrons. The number of aromatic nitrogens is 1. The van der Waals surface area contributed by atoms with Crippen molar-refractivity contribution in [1.29, 1.82) is 0 Å². The number of Topliss-reactive ketones (excluding diaryl/α,β-unsaturated/α-hetero) is 1. The maximum Gasteiger partial charge on any atom is 0.259 e. The van der Waals surface area contributed by atoms with E-state index in [2.05, 4.69) is 34.6 Å². The summed E-state index contributed by atoms with van der Waals surface area (Å²) in [5, 5.41) is 0. The van der Waals surface area contributed by atoms with E-state index in [4.69, 9.17) is 15.2 Å². The van der Waals surface area contributed by atoms with Crippen LogP contribution in [0.2, 0.25) is 0 Å². The zero-order valence-electron chi connectivity index (χ0n) is 18.5. The molecule has 0 radical (unpaired) electrons. The van der Waals surface area contributed by atoms with Gasteiger partial charge in [0.15, 0.2) is 11.5 Å². The van der Waals surface area contributed by atoms with E-state index in [1.54, 1.807) is 16.7 Å². The third kappa shape index (κ3) is 5.58. The largest absolute Gasteiger partial charge is 0.491 e. The number of hydrogen-bond donors (Lipinski definition) is 1. The van der Waals surface area contributed by atoms with Crippen molar-refractivity contribution >= 4 is 11.9 Å². The first-order valence-electron chi connectivity index (χ1n) is 10.7. The first-order chi connectivity index (χ1) is 13.7. The average Bonchev–Trinajstić information content (AvgIpc) is 2.66. The van der Waals surface area contributed by atoms with Gasteiger partial charge in [0.1, 0.15) is 6.10 Å². The van der Waals surface area contributed by atoms with E-state index in [1.165, 1.54) is 0 Å². The summed E-state index contributed by atoms with van der Waals surface area (Å²) in [6, 6.07) is 0. The van der Waals surface area contributed by atoms with Crippen LogP contribution in [-0.2, 0) is 17.8 Å². The first-order valence-corrected chi connectivity index (χ1v) is 10.7. The molecule has 0 spiro atoms. The zero-order valence-corrected chi connectivity index (χ0v) is 18.5. The summed E-state index contributed by atoms with van der Waals surface area (Å²) in [6.45, 7) is 11.9. The second-order valence-electron chi connectivity index (χ2n) is 8.79. The molecule has 1 atom stereocenters. The van der Waals surface area contributed by atoms with Crippen molar-refractivity contribution in [2.24, 2.45) is 11.1 Å². The van der Waals surface area contributed by atoms with Crippen LogP contribution in [-0.4, -0.2) is 29.7 Å². The van der Waals surface area contributed by atoms with Gasteiger partial charge in [0, 0.05) is 19.7 Å². The third-order valence-corrected chi connectivity index (χ3v) is 4.87. The number of nitrogens with two attached hydrogens (primary N) is 1. The maximum atomic E-state index is 13.3. The fourth-order valence-electron chi connectivity index (χ4n) is 3.38. The van der Waals surface area contributed by atoms with E-state index < -0.39 is 6.10 Å². The first kappa shape index (κ1) is 23.4. The number of pyridine rings is 1. The van der Waals surface area contributed by atoms with Crippen molar-refractivity contribution in [3.8, 4) is 5.75 Å². The number of ketones is 1. The molecule has 1 aliphatic rings. The van der Waals surface area contributed by atoms with Crippen LogP contribution in [0.1, 0.15) is 81.9 Å². The van der Waals surface area contributed by atoms with Gasteiger partial charge < -0.3 is 19.8 Å². The lowest BCUT2D eigenvalue weighted by atomic mass is 9.91. The molecule has 0 saturated heterocycles. The Balaban J connectivity index is 2.60. The molecule has 6 nitrogen and oxygen atoms in total. The second-order valence-corrected chi connectivity index (χ2v) is 8.79. The average molecular weight is 405 g/mol. The highest BCUT2D eigenvalue weighted by Crippen LogP contribution is 2.32. The van der Waals surface area contributed by atoms with Crippen molar-refractivity contribution in [3.63, 3.8) is 0 Å². The van der Waals surface area contributed by atoms with Gasteiger partial charge in [-0.2, -0.15) is 0 Å². The zero-order chi connectivity index (χ0) is 21.6. The number of fused-ring (bicyclic) bond motifs is 1. The highest BCUT2D eigenvalue weighted by atomic mass is 16.5. The number of carbonyl (C=O) groups is 1. The highest BCUT2D eigenvalue weighted by Gasteiger charge is 2.33. The molecule has 1 unspecified atom stereocenters. The van der Waals surface area contributed by atoms with Crippen molar-refractivity contribution < 1.29 is 14.3 Å². The van der Waals surface area contributed by atoms with Crippen molar-refractivity contribution in [1.82, 2.24) is 4.57 Å². The Labute approximate surface area is 174 Å². The van der Waals surface area contributed by atoms with Crippen molar-refractivity contribution in [3.05, 3.63) is 33.3 Å². The van der Waals surface area contributed by atoms with Crippen LogP contribution in [0.15, 0.2) is 10.9 Å². The molecule has 0 bridgehead atoms. The number of unbranched alkanes of at least 4 members (excludes halogenated alkanes) is 2. The van der Waals surface area contributed by atoms with E-state index >= 15 is 0 Å². The minimum absolute atomic E-state index is 0.123. The van der Waals surface area contributed by atoms with Crippen LogP contribution in [0.4, 0.5) is 0 Å². The lowest BCUT2D eigenvalue weighted by Crippen LogP contribution is -2.37. The van der Waals surface area contributed by atoms with E-state index in [1.807, 2.05) is 0 Å². The Bertz CT molecular complexity index is 803. The maximum absolute atomic E-state index is 13.3. The predicted octanol–water partition coefficient (Wildman–Crippen LogP) is 3.93. The number of ether oxygens (including phenoxy) is 2. The van der Waals surface area contributed by atoms with E-state index in [0.29, 0.717) is 42.3 Å². The molecule has 0 fully saturated rings. The predicted molar refractivity (Wildman–Crippen MR) is 116 cm³/mol. The fraction of sp³-hybridized carbons (Fsp3) is 0.652. The van der Waals surface area contributed by atoms with E-state index in [9.17, 15) is 9.59 Å². The van der Waals surface area contributed by atoms with Gasteiger partial charge >= 0.3 is 0 Å². The highest BCUT2D eigenvalue weighted by molar-refractivity contribution is 6.08. The van der Waals surface area contributed by atoms with E-state index in [-0.39, 0.29) is 23.3 Å². The SMILES string of the molecule is CCCCOc1c2c(c(=O)n(CC(C)(C)C)c1CN)C=CC(OCCCC)C2=O. The number of hydrogen-bond acceptors (Lipinski definition) is 5. The van der Waals surface area contributed by atoms with Crippen LogP contribution in [0, 0.1) is 5.41 Å². The Morgan fingerprint density at radius 3 is 2.34 bits per heavy atom. The number of nitrogens with zero attached hydrogens (tertiary/aromatic N) is 1. The van der Waals surface area contributed by atoms with Crippen LogP contribution in [0.3, 0.4) is 0 Å². The van der Waals surface area contributed by atoms with Gasteiger partial charge in [0.25, 0.3) is 5.56 Å². The molecular formula is C23H36N2O4. The van der Waals surface area contributed by atoms with Gasteiger partial charge in [-0.3, -0.25) is 9.59 Å². The smallest absolute Gasteiger partial charge is 0.259 e. The normalized spacial score (nSPS) is 16.2. The minimum Gasteiger partial charge on any atom is -0.491 e. The standard InChI is InChI=1S/C23H36N2O4/c1-6-8-12-28-18-11-10-16-19(20(18)26)21(29-13-9-7-2)17(14-24)25(22(16)27)15-23(3,4)5/h10-11,18H,6-9,12-15,24H2,1-5H3. The number of carbonyl (C=O) groups excluding carboxylic acids is 1. The molecule has 6 heteroatoms. The van der Waals surface area contributed by atoms with Crippen molar-refractivity contribution in [2.75, 3.05) is 13.2 Å². The summed E-state index contributed by atoms with van der Waals surface area (Å²) in [7, 11) is 0. The topological polar surface area (TPSA) is 83.6 Å². The molecule has 1 aromatic rings. The molecule has 2 N–H and O–H groups in total. The van der Waals surface area contributed by atoms with Gasteiger partial charge in [-0.1, -0.05) is 47.5 Å². The lowest BCUT2D eigenvalue weighted by molar-refractivity contribution is 0.0552. The Kier molecular flexibility index (Phi) is 8.23. The second kappa shape index (κ2) is 10.2. The Morgan fingerprint density at radius 2 is 1.76 bits per heavy atom. The van der Waals surface area contributed by atoms with Gasteiger partial charge in [-0.05, 0) is 30.4 Å². The quantitative estimate of drug-likeness (QED) is 0.598. The van der Waals surface area contributed by atoms with Gasteiger partial charge in [-0.25, -0.2) is 0 Å². The summed E-state index contributed by atoms with van der Waals surface area (Å²) < 4.78 is 13.5. The van der Waals surface area contributed by atoms with Crippen LogP contribution < -0.4 is 16.0 Å². The van der Waals surface area contributed by atoms with Crippen LogP contribution >= 0.6 is 0 Å². The van der Waals surface area contributed by atoms with Gasteiger partial charge in [0.2, 0.25) is 0 Å². The van der Waals surface area contributed by atoms with Crippen LogP contribution in [0.25, 0.3) is 6.08 Å². The summed E-state index contributed by atoms with van der Waals surface area (Å²) in [4.78, 5) is 26.5. The molecule has 1 aliphatic carbocycles. The molecule has 2 rings (SSSR count). The summed E-state index contributed by atoms with van der Waals surface area (Å²) in [5.41, 5.74) is 7.00. The Hall–Kier alpha value is -1.92. The molecule has 0 saturated carbocycles. The van der Waals surface area contributed by atoms with Gasteiger partial charge in [-0.15, -0.1) is 0 Å². The molecule has 0 aromatic carbocycles. The third-order valence-electron chi connectivity index (χ3n) is 4.87. The monoisotopic (exact) mass is 404 g/mol. The fourth-order valence-corrected chi connectivity index (χ4v) is 3.38. The molecule has 1 heterocycles. The van der Waals surface area contributed by atoms with Gasteiger partial charge in [0.05, 0.1) is 23.4 Å². The van der Waals surface area contributed by atoms with Crippen molar-refractivity contribution in [2.45, 2.75) is 79.5 Å². The minimum atomic E-state index is -0.689. The molecule has 0 amide bonds. The van der Waals surface area contributed by atoms with E-state index in [0.717, 1.165) is 25.7 Å². The number of rotatable bonds is 10. The molecular weight excluding hydrogens is 368 g/mol. The van der Waals surface area contributed by atoms with Crippen LogP contribution in [0.5, 0.6) is 5.75 Å². The molecule has 29 heavy (non-hydrogen) atoms. The molecule has 1 aromatic heterocycles. The summed E-state index contributed by atoms with van der Waals surface area (Å²) in [5.74, 6) is 0.220. The summed E-state index contributed by atoms with van der Waals surface area (Å²) in [6.07, 6.45) is 6.40. The summed E-state index contributed by atoms with van der Waals surface area (Å²) >= 11 is 0. The lowest BCUT2D eigenvalue weighted by Gasteiger charge is -2.28.